The quantitative estimate of drug-likeness (QED) is 0.307. The minimum atomic E-state index is -0.728. The molecule has 1 atom stereocenters. The highest BCUT2D eigenvalue weighted by Crippen LogP contribution is 2.23. The van der Waals surface area contributed by atoms with E-state index >= 15 is 0 Å². The molecule has 0 saturated heterocycles. The molecule has 1 aliphatic rings. The second-order valence-electron chi connectivity index (χ2n) is 10.4. The molecule has 0 amide bonds. The third kappa shape index (κ3) is 5.80. The first kappa shape index (κ1) is 28.0. The predicted octanol–water partition coefficient (Wildman–Crippen LogP) is 4.85. The van der Waals surface area contributed by atoms with Crippen LogP contribution < -0.4 is 11.2 Å². The number of halogens is 3. The van der Waals surface area contributed by atoms with Gasteiger partial charge in [0, 0.05) is 42.3 Å². The number of rotatable bonds is 8. The van der Waals surface area contributed by atoms with E-state index in [1.54, 1.807) is 0 Å². The topological polar surface area (TPSA) is 50.5 Å². The normalized spacial score (nSPS) is 14.3. The Bertz CT molecular complexity index is 1600. The summed E-state index contributed by atoms with van der Waals surface area (Å²) in [6.07, 6.45) is 0.403. The van der Waals surface area contributed by atoms with Crippen LogP contribution in [0.25, 0.3) is 0 Å². The molecule has 1 aromatic heterocycles. The molecule has 0 bridgehead atoms. The van der Waals surface area contributed by atoms with Gasteiger partial charge in [-0.3, -0.25) is 18.8 Å². The van der Waals surface area contributed by atoms with Gasteiger partial charge in [-0.05, 0) is 49.5 Å². The van der Waals surface area contributed by atoms with E-state index in [0.29, 0.717) is 42.3 Å². The van der Waals surface area contributed by atoms with Crippen LogP contribution in [-0.4, -0.2) is 39.6 Å². The van der Waals surface area contributed by atoms with Crippen molar-refractivity contribution in [1.82, 2.24) is 18.9 Å². The van der Waals surface area contributed by atoms with Crippen molar-refractivity contribution in [2.75, 3.05) is 20.6 Å². The van der Waals surface area contributed by atoms with Gasteiger partial charge in [0.1, 0.15) is 11.6 Å². The average molecular weight is 565 g/mol. The standard InChI is InChI=1S/C31H31ClF2N4O2/c1-35(2)29(22-7-4-3-5-8-22)20-38-30(39)25-18-36(17-21-11-13-23(32)14-12-21)16-15-28(25)37(31(38)40)19-24-26(33)9-6-10-27(24)34/h3-14,29H,15-20H2,1-2H3/t29-/m0/s1. The number of likely N-dealkylation sites (N-methyl/N-ethyl adjacent to an activating group) is 1. The fourth-order valence-corrected chi connectivity index (χ4v) is 5.50. The second kappa shape index (κ2) is 11.9. The number of aromatic nitrogens is 2. The van der Waals surface area contributed by atoms with Crippen LogP contribution in [0.1, 0.15) is 34.0 Å². The Balaban J connectivity index is 1.60. The van der Waals surface area contributed by atoms with E-state index < -0.39 is 17.3 Å². The lowest BCUT2D eigenvalue weighted by atomic mass is 10.0. The van der Waals surface area contributed by atoms with E-state index in [-0.39, 0.29) is 30.3 Å². The van der Waals surface area contributed by atoms with Gasteiger partial charge in [-0.2, -0.15) is 0 Å². The largest absolute Gasteiger partial charge is 0.331 e. The molecule has 0 fully saturated rings. The fraction of sp³-hybridized carbons (Fsp3) is 0.290. The number of nitrogens with zero attached hydrogens (tertiary/aromatic N) is 4. The molecule has 1 aliphatic heterocycles. The minimum absolute atomic E-state index is 0.0961. The van der Waals surface area contributed by atoms with Gasteiger partial charge in [-0.1, -0.05) is 60.1 Å². The van der Waals surface area contributed by atoms with Crippen LogP contribution in [0.3, 0.4) is 0 Å². The summed E-state index contributed by atoms with van der Waals surface area (Å²) in [5.41, 5.74) is 1.87. The molecule has 0 N–H and O–H groups in total. The van der Waals surface area contributed by atoms with Crippen molar-refractivity contribution in [2.24, 2.45) is 0 Å². The van der Waals surface area contributed by atoms with Crippen molar-refractivity contribution in [3.63, 3.8) is 0 Å². The maximum absolute atomic E-state index is 14.7. The Hall–Kier alpha value is -3.59. The molecule has 9 heteroatoms. The van der Waals surface area contributed by atoms with Crippen molar-refractivity contribution in [3.05, 3.63) is 138 Å². The number of benzene rings is 3. The van der Waals surface area contributed by atoms with Crippen LogP contribution in [-0.2, 0) is 32.6 Å². The van der Waals surface area contributed by atoms with Gasteiger partial charge >= 0.3 is 5.69 Å². The molecule has 0 unspecified atom stereocenters. The molecular formula is C31H31ClF2N4O2. The Morgan fingerprint density at radius 1 is 0.875 bits per heavy atom. The van der Waals surface area contributed by atoms with Gasteiger partial charge in [0.2, 0.25) is 0 Å². The van der Waals surface area contributed by atoms with Crippen LogP contribution in [0.2, 0.25) is 5.02 Å². The van der Waals surface area contributed by atoms with E-state index in [9.17, 15) is 18.4 Å². The molecule has 208 valence electrons. The van der Waals surface area contributed by atoms with Gasteiger partial charge in [-0.25, -0.2) is 13.6 Å². The summed E-state index contributed by atoms with van der Waals surface area (Å²) in [4.78, 5) is 32.0. The third-order valence-electron chi connectivity index (χ3n) is 7.55. The lowest BCUT2D eigenvalue weighted by Gasteiger charge is -2.32. The Labute approximate surface area is 236 Å². The van der Waals surface area contributed by atoms with Crippen LogP contribution in [0.15, 0.2) is 82.4 Å². The Kier molecular flexibility index (Phi) is 8.30. The Morgan fingerprint density at radius 2 is 1.55 bits per heavy atom. The molecular weight excluding hydrogens is 534 g/mol. The first-order valence-electron chi connectivity index (χ1n) is 13.2. The smallest absolute Gasteiger partial charge is 0.301 e. The lowest BCUT2D eigenvalue weighted by molar-refractivity contribution is 0.230. The van der Waals surface area contributed by atoms with Crippen molar-refractivity contribution >= 4 is 11.6 Å². The molecule has 0 radical (unpaired) electrons. The highest BCUT2D eigenvalue weighted by Gasteiger charge is 2.28. The van der Waals surface area contributed by atoms with E-state index in [2.05, 4.69) is 4.90 Å². The van der Waals surface area contributed by atoms with Crippen molar-refractivity contribution in [1.29, 1.82) is 0 Å². The highest BCUT2D eigenvalue weighted by atomic mass is 35.5. The maximum atomic E-state index is 14.7. The Morgan fingerprint density at radius 3 is 2.20 bits per heavy atom. The molecule has 4 aromatic rings. The van der Waals surface area contributed by atoms with Crippen molar-refractivity contribution in [2.45, 2.75) is 38.6 Å². The molecule has 6 nitrogen and oxygen atoms in total. The van der Waals surface area contributed by atoms with Crippen LogP contribution in [0.4, 0.5) is 8.78 Å². The predicted molar refractivity (Wildman–Crippen MR) is 153 cm³/mol. The van der Waals surface area contributed by atoms with E-state index in [4.69, 9.17) is 11.6 Å². The summed E-state index contributed by atoms with van der Waals surface area (Å²) >= 11 is 6.04. The zero-order valence-electron chi connectivity index (χ0n) is 22.5. The van der Waals surface area contributed by atoms with E-state index in [1.165, 1.54) is 27.3 Å². The van der Waals surface area contributed by atoms with Crippen LogP contribution >= 0.6 is 11.6 Å². The van der Waals surface area contributed by atoms with Gasteiger partial charge in [0.15, 0.2) is 0 Å². The third-order valence-corrected chi connectivity index (χ3v) is 7.80. The summed E-state index contributed by atoms with van der Waals surface area (Å²) in [6.45, 7) is 1.30. The first-order valence-corrected chi connectivity index (χ1v) is 13.6. The summed E-state index contributed by atoms with van der Waals surface area (Å²) in [5, 5.41) is 0.647. The SMILES string of the molecule is CN(C)[C@@H](Cn1c(=O)c2c(n(Cc3c(F)cccc3F)c1=O)CCN(Cc1ccc(Cl)cc1)C2)c1ccccc1. The number of hydrogen-bond acceptors (Lipinski definition) is 4. The van der Waals surface area contributed by atoms with Gasteiger partial charge < -0.3 is 4.90 Å². The van der Waals surface area contributed by atoms with E-state index in [1.807, 2.05) is 73.6 Å². The van der Waals surface area contributed by atoms with Crippen LogP contribution in [0, 0.1) is 11.6 Å². The number of fused-ring (bicyclic) bond motifs is 1. The van der Waals surface area contributed by atoms with Gasteiger partial charge in [0.25, 0.3) is 5.56 Å². The molecule has 40 heavy (non-hydrogen) atoms. The summed E-state index contributed by atoms with van der Waals surface area (Å²) in [5.74, 6) is -1.46. The maximum Gasteiger partial charge on any atom is 0.331 e. The van der Waals surface area contributed by atoms with E-state index in [0.717, 1.165) is 11.1 Å². The van der Waals surface area contributed by atoms with Gasteiger partial charge in [-0.15, -0.1) is 0 Å². The molecule has 2 heterocycles. The van der Waals surface area contributed by atoms with Crippen molar-refractivity contribution in [3.8, 4) is 0 Å². The molecule has 5 rings (SSSR count). The molecule has 0 spiro atoms. The van der Waals surface area contributed by atoms with Crippen LogP contribution in [0.5, 0.6) is 0 Å². The highest BCUT2D eigenvalue weighted by molar-refractivity contribution is 6.30. The fourth-order valence-electron chi connectivity index (χ4n) is 5.37. The first-order chi connectivity index (χ1) is 19.2. The summed E-state index contributed by atoms with van der Waals surface area (Å²) < 4.78 is 32.0. The minimum Gasteiger partial charge on any atom is -0.301 e. The molecule has 0 aliphatic carbocycles. The number of hydrogen-bond donors (Lipinski definition) is 0. The molecule has 3 aromatic carbocycles. The average Bonchev–Trinajstić information content (AvgIpc) is 2.94. The van der Waals surface area contributed by atoms with Crippen molar-refractivity contribution < 1.29 is 8.78 Å². The summed E-state index contributed by atoms with van der Waals surface area (Å²) in [7, 11) is 3.78. The molecule has 0 saturated carbocycles. The van der Waals surface area contributed by atoms with Gasteiger partial charge in [0.05, 0.1) is 24.7 Å². The zero-order valence-corrected chi connectivity index (χ0v) is 23.2. The second-order valence-corrected chi connectivity index (χ2v) is 10.8. The summed E-state index contributed by atoms with van der Waals surface area (Å²) in [6, 6.07) is 20.6. The zero-order chi connectivity index (χ0) is 28.4. The monoisotopic (exact) mass is 564 g/mol. The lowest BCUT2D eigenvalue weighted by Crippen LogP contribution is -2.49.